The Labute approximate surface area is 73.0 Å². The number of hydrogen-bond donors (Lipinski definition) is 1. The van der Waals surface area contributed by atoms with E-state index in [0.717, 1.165) is 0 Å². The van der Waals surface area contributed by atoms with Crippen molar-refractivity contribution in [1.29, 1.82) is 0 Å². The second-order valence-corrected chi connectivity index (χ2v) is 2.80. The number of aliphatic hydroxyl groups excluding tert-OH is 1. The molecule has 0 spiro atoms. The molecule has 0 rings (SSSR count). The van der Waals surface area contributed by atoms with Crippen LogP contribution in [-0.2, 0) is 9.53 Å². The predicted octanol–water partition coefficient (Wildman–Crippen LogP) is 1.12. The van der Waals surface area contributed by atoms with E-state index < -0.39 is 0 Å². The van der Waals surface area contributed by atoms with Gasteiger partial charge in [-0.2, -0.15) is 0 Å². The van der Waals surface area contributed by atoms with Crippen molar-refractivity contribution in [3.05, 3.63) is 12.7 Å². The minimum Gasteiger partial charge on any atom is -0.461 e. The lowest BCUT2D eigenvalue weighted by Gasteiger charge is -2.06. The zero-order valence-electron chi connectivity index (χ0n) is 7.45. The normalized spacial score (nSPS) is 12.2. The summed E-state index contributed by atoms with van der Waals surface area (Å²) in [7, 11) is 0. The molecule has 3 heteroatoms. The van der Waals surface area contributed by atoms with Gasteiger partial charge in [-0.15, -0.1) is 0 Å². The second-order valence-electron chi connectivity index (χ2n) is 2.80. The van der Waals surface area contributed by atoms with Crippen LogP contribution in [0.1, 0.15) is 19.8 Å². The molecule has 0 radical (unpaired) electrons. The first-order valence-corrected chi connectivity index (χ1v) is 4.08. The minimum atomic E-state index is -0.227. The first-order valence-electron chi connectivity index (χ1n) is 4.08. The number of ether oxygens (including phenoxy) is 1. The Morgan fingerprint density at radius 3 is 2.92 bits per heavy atom. The van der Waals surface area contributed by atoms with Crippen molar-refractivity contribution in [1.82, 2.24) is 0 Å². The van der Waals surface area contributed by atoms with Gasteiger partial charge in [0, 0.05) is 13.0 Å². The van der Waals surface area contributed by atoms with Crippen LogP contribution in [0.2, 0.25) is 0 Å². The number of carbonyl (C=O) groups excluding carboxylic acids is 1. The maximum atomic E-state index is 10.9. The predicted molar refractivity (Wildman–Crippen MR) is 46.6 cm³/mol. The molecule has 0 aromatic carbocycles. The van der Waals surface area contributed by atoms with Gasteiger partial charge >= 0.3 is 5.97 Å². The molecular formula is C9H16O3. The highest BCUT2D eigenvalue weighted by molar-refractivity contribution is 5.69. The molecule has 0 aliphatic rings. The minimum absolute atomic E-state index is 0.120. The molecule has 0 aromatic heterocycles. The van der Waals surface area contributed by atoms with E-state index in [0.29, 0.717) is 12.8 Å². The molecule has 0 aliphatic heterocycles. The van der Waals surface area contributed by atoms with Crippen molar-refractivity contribution in [3.63, 3.8) is 0 Å². The summed E-state index contributed by atoms with van der Waals surface area (Å²) in [6, 6.07) is 0. The molecular weight excluding hydrogens is 156 g/mol. The summed E-state index contributed by atoms with van der Waals surface area (Å²) in [6.07, 6.45) is 2.58. The Kier molecular flexibility index (Phi) is 6.38. The van der Waals surface area contributed by atoms with Crippen molar-refractivity contribution >= 4 is 5.97 Å². The topological polar surface area (TPSA) is 46.5 Å². The smallest absolute Gasteiger partial charge is 0.306 e. The van der Waals surface area contributed by atoms with Gasteiger partial charge in [-0.05, 0) is 12.3 Å². The van der Waals surface area contributed by atoms with E-state index in [1.54, 1.807) is 0 Å². The lowest BCUT2D eigenvalue weighted by atomic mass is 10.1. The van der Waals surface area contributed by atoms with Crippen LogP contribution in [0.3, 0.4) is 0 Å². The Hall–Kier alpha value is -0.830. The highest BCUT2D eigenvalue weighted by Crippen LogP contribution is 2.04. The molecule has 3 nitrogen and oxygen atoms in total. The van der Waals surface area contributed by atoms with Crippen molar-refractivity contribution < 1.29 is 14.6 Å². The Morgan fingerprint density at radius 1 is 1.75 bits per heavy atom. The van der Waals surface area contributed by atoms with E-state index in [-0.39, 0.29) is 25.1 Å². The van der Waals surface area contributed by atoms with Gasteiger partial charge in [-0.3, -0.25) is 4.79 Å². The van der Waals surface area contributed by atoms with Crippen LogP contribution >= 0.6 is 0 Å². The number of rotatable bonds is 6. The summed E-state index contributed by atoms with van der Waals surface area (Å²) in [5.74, 6) is -0.0588. The Bertz CT molecular complexity index is 143. The molecule has 0 aromatic rings. The van der Waals surface area contributed by atoms with Crippen LogP contribution in [0.25, 0.3) is 0 Å². The Morgan fingerprint density at radius 2 is 2.42 bits per heavy atom. The van der Waals surface area contributed by atoms with Gasteiger partial charge in [-0.1, -0.05) is 19.6 Å². The van der Waals surface area contributed by atoms with E-state index >= 15 is 0 Å². The molecule has 12 heavy (non-hydrogen) atoms. The summed E-state index contributed by atoms with van der Waals surface area (Å²) < 4.78 is 4.75. The van der Waals surface area contributed by atoms with E-state index in [1.165, 1.54) is 6.08 Å². The third kappa shape index (κ3) is 5.92. The highest BCUT2D eigenvalue weighted by Gasteiger charge is 2.05. The maximum absolute atomic E-state index is 10.9. The third-order valence-electron chi connectivity index (χ3n) is 1.52. The van der Waals surface area contributed by atoms with Gasteiger partial charge in [0.1, 0.15) is 6.61 Å². The monoisotopic (exact) mass is 172 g/mol. The molecule has 1 N–H and O–H groups in total. The van der Waals surface area contributed by atoms with Gasteiger partial charge < -0.3 is 9.84 Å². The summed E-state index contributed by atoms with van der Waals surface area (Å²) in [5.41, 5.74) is 0. The van der Waals surface area contributed by atoms with Gasteiger partial charge in [0.05, 0.1) is 0 Å². The standard InChI is InChI=1S/C9H16O3/c1-3-6-12-9(11)5-4-8(2)7-10/h3,8,10H,1,4-7H2,2H3. The van der Waals surface area contributed by atoms with Gasteiger partial charge in [-0.25, -0.2) is 0 Å². The summed E-state index contributed by atoms with van der Waals surface area (Å²) in [5, 5.41) is 8.66. The second kappa shape index (κ2) is 6.85. The molecule has 0 bridgehead atoms. The molecule has 0 aliphatic carbocycles. The van der Waals surface area contributed by atoms with Crippen LogP contribution < -0.4 is 0 Å². The van der Waals surface area contributed by atoms with Gasteiger partial charge in [0.2, 0.25) is 0 Å². The third-order valence-corrected chi connectivity index (χ3v) is 1.52. The SMILES string of the molecule is C=CCOC(=O)CCC(C)CO. The van der Waals surface area contributed by atoms with Crippen molar-refractivity contribution in [2.45, 2.75) is 19.8 Å². The zero-order chi connectivity index (χ0) is 9.40. The lowest BCUT2D eigenvalue weighted by molar-refractivity contribution is -0.142. The number of hydrogen-bond acceptors (Lipinski definition) is 3. The summed E-state index contributed by atoms with van der Waals surface area (Å²) >= 11 is 0. The van der Waals surface area contributed by atoms with Crippen LogP contribution in [0.15, 0.2) is 12.7 Å². The van der Waals surface area contributed by atoms with Gasteiger partial charge in [0.15, 0.2) is 0 Å². The molecule has 0 saturated carbocycles. The number of esters is 1. The van der Waals surface area contributed by atoms with Crippen LogP contribution in [0.4, 0.5) is 0 Å². The average molecular weight is 172 g/mol. The molecule has 1 unspecified atom stereocenters. The molecule has 0 heterocycles. The Balaban J connectivity index is 3.36. The van der Waals surface area contributed by atoms with Crippen LogP contribution in [0, 0.1) is 5.92 Å². The number of aliphatic hydroxyl groups is 1. The average Bonchev–Trinajstić information content (AvgIpc) is 2.10. The van der Waals surface area contributed by atoms with Crippen LogP contribution in [-0.4, -0.2) is 24.3 Å². The molecule has 1 atom stereocenters. The van der Waals surface area contributed by atoms with Crippen molar-refractivity contribution in [2.75, 3.05) is 13.2 Å². The largest absolute Gasteiger partial charge is 0.461 e. The van der Waals surface area contributed by atoms with E-state index in [2.05, 4.69) is 6.58 Å². The molecule has 70 valence electrons. The molecule has 0 amide bonds. The highest BCUT2D eigenvalue weighted by atomic mass is 16.5. The van der Waals surface area contributed by atoms with E-state index in [9.17, 15) is 4.79 Å². The van der Waals surface area contributed by atoms with Crippen LogP contribution in [0.5, 0.6) is 0 Å². The maximum Gasteiger partial charge on any atom is 0.306 e. The van der Waals surface area contributed by atoms with Gasteiger partial charge in [0.25, 0.3) is 0 Å². The van der Waals surface area contributed by atoms with Crippen molar-refractivity contribution in [2.24, 2.45) is 5.92 Å². The van der Waals surface area contributed by atoms with E-state index in [4.69, 9.17) is 9.84 Å². The number of carbonyl (C=O) groups is 1. The fourth-order valence-corrected chi connectivity index (χ4v) is 0.680. The first kappa shape index (κ1) is 11.2. The van der Waals surface area contributed by atoms with Crippen molar-refractivity contribution in [3.8, 4) is 0 Å². The zero-order valence-corrected chi connectivity index (χ0v) is 7.45. The fraction of sp³-hybridized carbons (Fsp3) is 0.667. The van der Waals surface area contributed by atoms with E-state index in [1.807, 2.05) is 6.92 Å². The fourth-order valence-electron chi connectivity index (χ4n) is 0.680. The molecule has 0 fully saturated rings. The summed E-state index contributed by atoms with van der Waals surface area (Å²) in [6.45, 7) is 5.71. The quantitative estimate of drug-likeness (QED) is 0.482. The molecule has 0 saturated heterocycles. The lowest BCUT2D eigenvalue weighted by Crippen LogP contribution is -2.08. The summed E-state index contributed by atoms with van der Waals surface area (Å²) in [4.78, 5) is 10.9. The first-order chi connectivity index (χ1) is 5.70.